The van der Waals surface area contributed by atoms with E-state index >= 15 is 0 Å². The van der Waals surface area contributed by atoms with Gasteiger partial charge in [0.25, 0.3) is 0 Å². The van der Waals surface area contributed by atoms with E-state index in [0.29, 0.717) is 18.1 Å². The monoisotopic (exact) mass is 325 g/mol. The van der Waals surface area contributed by atoms with Crippen molar-refractivity contribution >= 4 is 22.4 Å². The minimum absolute atomic E-state index is 0.206. The minimum Gasteiger partial charge on any atom is -0.393 e. The van der Waals surface area contributed by atoms with Crippen molar-refractivity contribution in [3.8, 4) is 6.07 Å². The van der Waals surface area contributed by atoms with Crippen LogP contribution in [0.5, 0.6) is 0 Å². The Morgan fingerprint density at radius 2 is 2.12 bits per heavy atom. The summed E-state index contributed by atoms with van der Waals surface area (Å²) in [5, 5.41) is 27.1. The van der Waals surface area contributed by atoms with Crippen molar-refractivity contribution in [1.29, 1.82) is 5.26 Å². The highest BCUT2D eigenvalue weighted by Gasteiger charge is 2.27. The molecule has 1 saturated heterocycles. The Hall–Kier alpha value is -2.43. The van der Waals surface area contributed by atoms with E-state index in [-0.39, 0.29) is 18.2 Å². The number of aromatic nitrogens is 2. The van der Waals surface area contributed by atoms with Gasteiger partial charge in [0.2, 0.25) is 0 Å². The van der Waals surface area contributed by atoms with Crippen molar-refractivity contribution in [3.05, 3.63) is 24.0 Å². The molecule has 124 valence electrons. The largest absolute Gasteiger partial charge is 0.393 e. The molecule has 1 atom stereocenters. The molecule has 4 rings (SSSR count). The average molecular weight is 325 g/mol. The molecule has 0 radical (unpaired) electrons. The lowest BCUT2D eigenvalue weighted by atomic mass is 9.89. The molecule has 1 aliphatic carbocycles. The van der Waals surface area contributed by atoms with E-state index in [1.54, 1.807) is 12.3 Å². The number of fused-ring (bicyclic) bond motifs is 1. The van der Waals surface area contributed by atoms with Crippen LogP contribution in [0.2, 0.25) is 0 Å². The normalized spacial score (nSPS) is 25.9. The smallest absolute Gasteiger partial charge is 0.143 e. The zero-order valence-electron chi connectivity index (χ0n) is 13.2. The van der Waals surface area contributed by atoms with Gasteiger partial charge in [0.1, 0.15) is 23.4 Å². The van der Waals surface area contributed by atoms with Crippen molar-refractivity contribution in [2.24, 2.45) is 0 Å². The van der Waals surface area contributed by atoms with E-state index < -0.39 is 0 Å². The number of rotatable bonds is 4. The zero-order chi connectivity index (χ0) is 16.5. The number of nitrogens with zero attached hydrogens (tertiary/aromatic N) is 3. The molecular weight excluding hydrogens is 306 g/mol. The Kier molecular flexibility index (Phi) is 3.92. The number of nitrogens with one attached hydrogen (secondary N) is 2. The van der Waals surface area contributed by atoms with Crippen LogP contribution >= 0.6 is 0 Å². The molecule has 2 aromatic rings. The van der Waals surface area contributed by atoms with Crippen LogP contribution in [0.3, 0.4) is 0 Å². The second-order valence-corrected chi connectivity index (χ2v) is 6.43. The third-order valence-electron chi connectivity index (χ3n) is 4.56. The minimum atomic E-state index is -0.206. The maximum atomic E-state index is 9.41. The number of pyridine rings is 2. The first kappa shape index (κ1) is 15.1. The highest BCUT2D eigenvalue weighted by molar-refractivity contribution is 5.93. The van der Waals surface area contributed by atoms with Gasteiger partial charge in [-0.1, -0.05) is 0 Å². The first-order valence-electron chi connectivity index (χ1n) is 8.21. The maximum absolute atomic E-state index is 9.41. The molecule has 2 aliphatic rings. The van der Waals surface area contributed by atoms with Gasteiger partial charge in [-0.2, -0.15) is 5.26 Å². The van der Waals surface area contributed by atoms with Gasteiger partial charge >= 0.3 is 0 Å². The predicted molar refractivity (Wildman–Crippen MR) is 89.8 cm³/mol. The lowest BCUT2D eigenvalue weighted by Crippen LogP contribution is -2.39. The molecule has 2 aromatic heterocycles. The van der Waals surface area contributed by atoms with E-state index in [1.807, 2.05) is 6.07 Å². The van der Waals surface area contributed by atoms with Gasteiger partial charge in [-0.3, -0.25) is 0 Å². The Morgan fingerprint density at radius 3 is 2.83 bits per heavy atom. The van der Waals surface area contributed by atoms with Crippen molar-refractivity contribution in [3.63, 3.8) is 0 Å². The van der Waals surface area contributed by atoms with E-state index in [1.165, 1.54) is 0 Å². The third kappa shape index (κ3) is 2.98. The van der Waals surface area contributed by atoms with E-state index in [4.69, 9.17) is 4.74 Å². The fourth-order valence-corrected chi connectivity index (χ4v) is 3.15. The molecule has 0 aromatic carbocycles. The van der Waals surface area contributed by atoms with Crippen molar-refractivity contribution in [2.75, 3.05) is 23.8 Å². The summed E-state index contributed by atoms with van der Waals surface area (Å²) in [6, 6.07) is 6.27. The Labute approximate surface area is 139 Å². The molecule has 7 nitrogen and oxygen atoms in total. The van der Waals surface area contributed by atoms with E-state index in [9.17, 15) is 10.4 Å². The number of hydrogen-bond acceptors (Lipinski definition) is 7. The van der Waals surface area contributed by atoms with Crippen LogP contribution in [0.15, 0.2) is 18.3 Å². The molecule has 0 amide bonds. The van der Waals surface area contributed by atoms with Gasteiger partial charge in [0.05, 0.1) is 18.8 Å². The quantitative estimate of drug-likeness (QED) is 0.785. The number of anilines is 2. The van der Waals surface area contributed by atoms with E-state index in [2.05, 4.69) is 26.7 Å². The summed E-state index contributed by atoms with van der Waals surface area (Å²) >= 11 is 0. The maximum Gasteiger partial charge on any atom is 0.143 e. The van der Waals surface area contributed by atoms with Gasteiger partial charge in [0.15, 0.2) is 0 Å². The molecule has 1 saturated carbocycles. The molecular formula is C17H19N5O2. The summed E-state index contributed by atoms with van der Waals surface area (Å²) in [5.41, 5.74) is 0.369. The van der Waals surface area contributed by atoms with Crippen molar-refractivity contribution in [2.45, 2.75) is 37.5 Å². The zero-order valence-corrected chi connectivity index (χ0v) is 13.2. The number of nitriles is 1. The molecule has 0 spiro atoms. The van der Waals surface area contributed by atoms with Gasteiger partial charge in [-0.25, -0.2) is 9.97 Å². The summed E-state index contributed by atoms with van der Waals surface area (Å²) in [7, 11) is 0. The van der Waals surface area contributed by atoms with Gasteiger partial charge in [-0.05, 0) is 31.4 Å². The summed E-state index contributed by atoms with van der Waals surface area (Å²) in [5.74, 6) is 1.45. The second kappa shape index (κ2) is 6.23. The van der Waals surface area contributed by atoms with Crippen LogP contribution < -0.4 is 10.6 Å². The number of aliphatic hydroxyl groups excluding tert-OH is 1. The molecule has 1 aliphatic heterocycles. The van der Waals surface area contributed by atoms with Crippen molar-refractivity contribution in [1.82, 2.24) is 9.97 Å². The van der Waals surface area contributed by atoms with Crippen LogP contribution in [0.1, 0.15) is 25.0 Å². The lowest BCUT2D eigenvalue weighted by Gasteiger charge is -2.32. The fourth-order valence-electron chi connectivity index (χ4n) is 3.15. The molecule has 0 bridgehead atoms. The number of hydrogen-bond donors (Lipinski definition) is 3. The lowest BCUT2D eigenvalue weighted by molar-refractivity contribution is 0.0835. The number of aliphatic hydroxyl groups is 1. The Balaban J connectivity index is 1.66. The summed E-state index contributed by atoms with van der Waals surface area (Å²) < 4.78 is 5.40. The van der Waals surface area contributed by atoms with Crippen LogP contribution in [0, 0.1) is 11.3 Å². The summed E-state index contributed by atoms with van der Waals surface area (Å²) in [4.78, 5) is 8.85. The van der Waals surface area contributed by atoms with Gasteiger partial charge in [0, 0.05) is 29.6 Å². The van der Waals surface area contributed by atoms with Crippen LogP contribution in [-0.2, 0) is 4.74 Å². The topological polar surface area (TPSA) is 103 Å². The van der Waals surface area contributed by atoms with Gasteiger partial charge in [-0.15, -0.1) is 0 Å². The fraction of sp³-hybridized carbons (Fsp3) is 0.471. The second-order valence-electron chi connectivity index (χ2n) is 6.43. The highest BCUT2D eigenvalue weighted by atomic mass is 16.5. The Morgan fingerprint density at radius 1 is 1.25 bits per heavy atom. The average Bonchev–Trinajstić information content (AvgIpc) is 3.06. The molecule has 3 heterocycles. The molecule has 3 N–H and O–H groups in total. The SMILES string of the molecule is N#Cc1cc2cnc(N[C@H]3C[C@@H](O)C3)cc2c(NC2CCOC2)n1. The van der Waals surface area contributed by atoms with Crippen LogP contribution in [0.4, 0.5) is 11.6 Å². The summed E-state index contributed by atoms with van der Waals surface area (Å²) in [6.07, 6.45) is 3.97. The molecule has 2 fully saturated rings. The van der Waals surface area contributed by atoms with E-state index in [0.717, 1.165) is 42.5 Å². The van der Waals surface area contributed by atoms with Crippen LogP contribution in [0.25, 0.3) is 10.8 Å². The third-order valence-corrected chi connectivity index (χ3v) is 4.56. The first-order valence-corrected chi connectivity index (χ1v) is 8.21. The number of ether oxygens (including phenoxy) is 1. The molecule has 24 heavy (non-hydrogen) atoms. The van der Waals surface area contributed by atoms with Crippen molar-refractivity contribution < 1.29 is 9.84 Å². The predicted octanol–water partition coefficient (Wildman–Crippen LogP) is 1.64. The molecule has 7 heteroatoms. The molecule has 1 unspecified atom stereocenters. The Bertz CT molecular complexity index is 791. The first-order chi connectivity index (χ1) is 11.7. The highest BCUT2D eigenvalue weighted by Crippen LogP contribution is 2.28. The van der Waals surface area contributed by atoms with Crippen LogP contribution in [-0.4, -0.2) is 46.5 Å². The van der Waals surface area contributed by atoms with Gasteiger partial charge < -0.3 is 20.5 Å². The summed E-state index contributed by atoms with van der Waals surface area (Å²) in [6.45, 7) is 1.39. The standard InChI is InChI=1S/C17H19N5O2/c18-7-13-3-10-8-19-16(20-12-4-14(23)5-12)6-15(10)17(22-13)21-11-1-2-24-9-11/h3,6,8,11-12,14,23H,1-2,4-5,9H2,(H,19,20)(H,21,22)/t11?,12-,14+.